The summed E-state index contributed by atoms with van der Waals surface area (Å²) >= 11 is 6.31. The van der Waals surface area contributed by atoms with Gasteiger partial charge in [0.05, 0.1) is 6.61 Å². The predicted octanol–water partition coefficient (Wildman–Crippen LogP) is 3.20. The van der Waals surface area contributed by atoms with E-state index in [4.69, 9.17) is 21.1 Å². The summed E-state index contributed by atoms with van der Waals surface area (Å²) in [5, 5.41) is 4.16. The van der Waals surface area contributed by atoms with E-state index in [0.717, 1.165) is 30.7 Å². The largest absolute Gasteiger partial charge is 0.460 e. The van der Waals surface area contributed by atoms with Gasteiger partial charge < -0.3 is 14.8 Å². The third kappa shape index (κ3) is 3.70. The molecule has 2 saturated heterocycles. The Morgan fingerprint density at radius 2 is 2.26 bits per heavy atom. The minimum atomic E-state index is -0.454. The van der Waals surface area contributed by atoms with Gasteiger partial charge in [0, 0.05) is 24.0 Å². The molecule has 3 rings (SSSR count). The van der Waals surface area contributed by atoms with Crippen LogP contribution in [-0.2, 0) is 26.3 Å². The van der Waals surface area contributed by atoms with Gasteiger partial charge in [-0.05, 0) is 50.8 Å². The number of carbonyl (C=O) groups excluding carboxylic acids is 1. The molecule has 4 nitrogen and oxygen atoms in total. The first-order chi connectivity index (χ1) is 10.8. The Morgan fingerprint density at radius 3 is 2.83 bits per heavy atom. The van der Waals surface area contributed by atoms with Crippen molar-refractivity contribution < 1.29 is 14.3 Å². The number of halogens is 1. The zero-order chi connectivity index (χ0) is 16.7. The zero-order valence-electron chi connectivity index (χ0n) is 13.9. The number of aryl methyl sites for hydroxylation is 1. The number of nitrogens with one attached hydrogen (secondary N) is 1. The van der Waals surface area contributed by atoms with Gasteiger partial charge in [-0.3, -0.25) is 4.79 Å². The molecule has 126 valence electrons. The minimum Gasteiger partial charge on any atom is -0.460 e. The lowest BCUT2D eigenvalue weighted by Crippen LogP contribution is -2.37. The first-order valence-electron chi connectivity index (χ1n) is 8.16. The van der Waals surface area contributed by atoms with Crippen LogP contribution in [-0.4, -0.2) is 30.8 Å². The van der Waals surface area contributed by atoms with E-state index < -0.39 is 5.60 Å². The fraction of sp³-hybridized carbons (Fsp3) is 0.611. The van der Waals surface area contributed by atoms with Gasteiger partial charge in [0.2, 0.25) is 0 Å². The number of morpholine rings is 1. The molecule has 0 aromatic heterocycles. The van der Waals surface area contributed by atoms with Crippen LogP contribution in [0, 0.1) is 0 Å². The molecule has 1 aromatic carbocycles. The quantitative estimate of drug-likeness (QED) is 0.857. The van der Waals surface area contributed by atoms with E-state index in [1.165, 1.54) is 0 Å². The van der Waals surface area contributed by atoms with Crippen LogP contribution in [0.3, 0.4) is 0 Å². The van der Waals surface area contributed by atoms with Gasteiger partial charge in [-0.25, -0.2) is 0 Å². The highest BCUT2D eigenvalue weighted by molar-refractivity contribution is 6.31. The van der Waals surface area contributed by atoms with Crippen molar-refractivity contribution in [1.29, 1.82) is 0 Å². The van der Waals surface area contributed by atoms with Crippen LogP contribution in [0.2, 0.25) is 5.02 Å². The van der Waals surface area contributed by atoms with Crippen LogP contribution in [0.4, 0.5) is 0 Å². The van der Waals surface area contributed by atoms with Crippen LogP contribution >= 0.6 is 11.6 Å². The van der Waals surface area contributed by atoms with Crippen LogP contribution in [0.1, 0.15) is 44.7 Å². The smallest absolute Gasteiger partial charge is 0.306 e. The molecule has 1 N–H and O–H groups in total. The highest BCUT2D eigenvalue weighted by Crippen LogP contribution is 2.41. The fourth-order valence-electron chi connectivity index (χ4n) is 3.32. The van der Waals surface area contributed by atoms with E-state index in [-0.39, 0.29) is 11.6 Å². The topological polar surface area (TPSA) is 47.6 Å². The number of hydrogen-bond acceptors (Lipinski definition) is 4. The standard InChI is InChI=1S/C18H24ClNO3/c1-17(2,3)23-16(21)7-4-12-8-13(5-6-15(12)19)18-9-14(10-22-18)20-11-18/h5-6,8,14,20H,4,7,9-11H2,1-3H3. The van der Waals surface area contributed by atoms with Gasteiger partial charge in [0.15, 0.2) is 0 Å². The molecule has 0 radical (unpaired) electrons. The number of ether oxygens (including phenoxy) is 2. The summed E-state index contributed by atoms with van der Waals surface area (Å²) in [6, 6.07) is 6.48. The molecule has 2 heterocycles. The molecule has 0 aliphatic carbocycles. The Bertz CT molecular complexity index is 601. The molecule has 0 amide bonds. The Morgan fingerprint density at radius 1 is 1.48 bits per heavy atom. The fourth-order valence-corrected chi connectivity index (χ4v) is 3.53. The van der Waals surface area contributed by atoms with Crippen molar-refractivity contribution in [1.82, 2.24) is 5.32 Å². The van der Waals surface area contributed by atoms with Crippen molar-refractivity contribution in [3.63, 3.8) is 0 Å². The molecule has 2 aliphatic heterocycles. The average Bonchev–Trinajstić information content (AvgIpc) is 3.06. The van der Waals surface area contributed by atoms with E-state index >= 15 is 0 Å². The summed E-state index contributed by atoms with van der Waals surface area (Å²) in [5.41, 5.74) is 1.44. The molecule has 0 saturated carbocycles. The summed E-state index contributed by atoms with van der Waals surface area (Å²) in [4.78, 5) is 11.9. The zero-order valence-corrected chi connectivity index (χ0v) is 14.7. The summed E-state index contributed by atoms with van der Waals surface area (Å²) in [6.07, 6.45) is 1.91. The number of carbonyl (C=O) groups is 1. The van der Waals surface area contributed by atoms with Gasteiger partial charge in [-0.15, -0.1) is 0 Å². The number of rotatable bonds is 4. The second kappa shape index (κ2) is 6.08. The summed E-state index contributed by atoms with van der Waals surface area (Å²) in [7, 11) is 0. The molecule has 2 unspecified atom stereocenters. The van der Waals surface area contributed by atoms with Gasteiger partial charge in [-0.2, -0.15) is 0 Å². The maximum atomic E-state index is 11.9. The lowest BCUT2D eigenvalue weighted by Gasteiger charge is -2.28. The summed E-state index contributed by atoms with van der Waals surface area (Å²) < 4.78 is 11.4. The SMILES string of the molecule is CC(C)(C)OC(=O)CCc1cc(C23CNC(CO2)C3)ccc1Cl. The van der Waals surface area contributed by atoms with Gasteiger partial charge in [0.1, 0.15) is 11.2 Å². The number of fused-ring (bicyclic) bond motifs is 2. The van der Waals surface area contributed by atoms with Crippen molar-refractivity contribution in [3.8, 4) is 0 Å². The normalized spacial score (nSPS) is 26.5. The maximum Gasteiger partial charge on any atom is 0.306 e. The van der Waals surface area contributed by atoms with E-state index in [1.54, 1.807) is 0 Å². The van der Waals surface area contributed by atoms with Crippen LogP contribution in [0.5, 0.6) is 0 Å². The minimum absolute atomic E-state index is 0.197. The molecular weight excluding hydrogens is 314 g/mol. The van der Waals surface area contributed by atoms with Crippen molar-refractivity contribution in [2.45, 2.75) is 57.3 Å². The number of esters is 1. The van der Waals surface area contributed by atoms with Crippen LogP contribution in [0.25, 0.3) is 0 Å². The van der Waals surface area contributed by atoms with Crippen LogP contribution < -0.4 is 5.32 Å². The second-order valence-electron chi connectivity index (χ2n) is 7.48. The maximum absolute atomic E-state index is 11.9. The predicted molar refractivity (Wildman–Crippen MR) is 89.7 cm³/mol. The monoisotopic (exact) mass is 337 g/mol. The summed E-state index contributed by atoms with van der Waals surface area (Å²) in [5.74, 6) is -0.197. The number of benzene rings is 1. The lowest BCUT2D eigenvalue weighted by atomic mass is 9.91. The number of hydrogen-bond donors (Lipinski definition) is 1. The van der Waals surface area contributed by atoms with Gasteiger partial charge >= 0.3 is 5.97 Å². The van der Waals surface area contributed by atoms with E-state index in [0.29, 0.717) is 23.9 Å². The molecule has 1 aromatic rings. The molecule has 2 atom stereocenters. The highest BCUT2D eigenvalue weighted by Gasteiger charge is 2.47. The molecule has 0 spiro atoms. The molecule has 5 heteroatoms. The third-order valence-electron chi connectivity index (χ3n) is 4.40. The Labute approximate surface area is 142 Å². The second-order valence-corrected chi connectivity index (χ2v) is 7.89. The lowest BCUT2D eigenvalue weighted by molar-refractivity contribution is -0.154. The molecule has 2 fully saturated rings. The van der Waals surface area contributed by atoms with E-state index in [9.17, 15) is 4.79 Å². The Balaban J connectivity index is 1.70. The van der Waals surface area contributed by atoms with Gasteiger partial charge in [-0.1, -0.05) is 23.7 Å². The van der Waals surface area contributed by atoms with Gasteiger partial charge in [0.25, 0.3) is 0 Å². The molecule has 2 aliphatic rings. The third-order valence-corrected chi connectivity index (χ3v) is 4.77. The Hall–Kier alpha value is -1.10. The van der Waals surface area contributed by atoms with Crippen LogP contribution in [0.15, 0.2) is 18.2 Å². The Kier molecular flexibility index (Phi) is 4.43. The van der Waals surface area contributed by atoms with Crippen molar-refractivity contribution in [2.75, 3.05) is 13.2 Å². The molecule has 23 heavy (non-hydrogen) atoms. The van der Waals surface area contributed by atoms with E-state index in [2.05, 4.69) is 11.4 Å². The first-order valence-corrected chi connectivity index (χ1v) is 8.53. The highest BCUT2D eigenvalue weighted by atomic mass is 35.5. The molecule has 2 bridgehead atoms. The average molecular weight is 338 g/mol. The van der Waals surface area contributed by atoms with Crippen molar-refractivity contribution in [2.24, 2.45) is 0 Å². The molecular formula is C18H24ClNO3. The van der Waals surface area contributed by atoms with Crippen molar-refractivity contribution >= 4 is 17.6 Å². The summed E-state index contributed by atoms with van der Waals surface area (Å²) in [6.45, 7) is 7.22. The first kappa shape index (κ1) is 16.7. The van der Waals surface area contributed by atoms with Crippen molar-refractivity contribution in [3.05, 3.63) is 34.3 Å². The van der Waals surface area contributed by atoms with E-state index in [1.807, 2.05) is 32.9 Å².